The van der Waals surface area contributed by atoms with E-state index in [1.807, 2.05) is 61.8 Å². The summed E-state index contributed by atoms with van der Waals surface area (Å²) < 4.78 is 4.36. The SMILES string of the molecule is Cc1nccn1CC1CCc2c(c3ccccc3n2C)C1=NOC(=O)c1ccc2ccccc2n1. The Balaban J connectivity index is 1.40. The summed E-state index contributed by atoms with van der Waals surface area (Å²) in [6.45, 7) is 2.72. The number of fused-ring (bicyclic) bond motifs is 4. The molecule has 0 N–H and O–H groups in total. The standard InChI is InChI=1S/C28H25N5O2/c1-18-29-15-16-33(18)17-20-12-14-25-26(21-8-4-6-10-24(21)32(25)2)27(20)31-35-28(34)23-13-11-19-7-3-5-9-22(19)30-23/h3-11,13,15-16,20H,12,14,17H2,1-2H3. The molecule has 7 nitrogen and oxygen atoms in total. The average molecular weight is 464 g/mol. The van der Waals surface area contributed by atoms with Crippen molar-refractivity contribution in [1.29, 1.82) is 0 Å². The number of pyridine rings is 1. The van der Waals surface area contributed by atoms with Crippen LogP contribution in [0, 0.1) is 12.8 Å². The first-order valence-corrected chi connectivity index (χ1v) is 11.8. The lowest BCUT2D eigenvalue weighted by Gasteiger charge is -2.25. The molecule has 3 heterocycles. The van der Waals surface area contributed by atoms with Crippen LogP contribution in [0.5, 0.6) is 0 Å². The predicted molar refractivity (Wildman–Crippen MR) is 135 cm³/mol. The lowest BCUT2D eigenvalue weighted by Crippen LogP contribution is -2.28. The first kappa shape index (κ1) is 21.3. The van der Waals surface area contributed by atoms with Gasteiger partial charge >= 0.3 is 5.97 Å². The monoisotopic (exact) mass is 463 g/mol. The summed E-state index contributed by atoms with van der Waals surface area (Å²) >= 11 is 0. The number of aromatic nitrogens is 4. The molecule has 174 valence electrons. The van der Waals surface area contributed by atoms with Crippen LogP contribution in [0.25, 0.3) is 21.8 Å². The van der Waals surface area contributed by atoms with Gasteiger partial charge in [-0.2, -0.15) is 0 Å². The van der Waals surface area contributed by atoms with Crippen molar-refractivity contribution >= 4 is 33.5 Å². The number of carbonyl (C=O) groups excluding carboxylic acids is 1. The Kier molecular flexibility index (Phi) is 5.17. The highest BCUT2D eigenvalue weighted by Gasteiger charge is 2.32. The van der Waals surface area contributed by atoms with Crippen molar-refractivity contribution in [2.24, 2.45) is 18.1 Å². The predicted octanol–water partition coefficient (Wildman–Crippen LogP) is 5.06. The fraction of sp³-hybridized carbons (Fsp3) is 0.214. The summed E-state index contributed by atoms with van der Waals surface area (Å²) in [4.78, 5) is 27.4. The lowest BCUT2D eigenvalue weighted by atomic mass is 9.84. The zero-order chi connectivity index (χ0) is 23.9. The molecule has 0 saturated carbocycles. The Hall–Kier alpha value is -4.26. The van der Waals surface area contributed by atoms with Crippen LogP contribution < -0.4 is 0 Å². The molecule has 0 fully saturated rings. The second kappa shape index (κ2) is 8.51. The van der Waals surface area contributed by atoms with E-state index >= 15 is 0 Å². The molecule has 0 radical (unpaired) electrons. The van der Waals surface area contributed by atoms with Crippen LogP contribution in [0.2, 0.25) is 0 Å². The second-order valence-electron chi connectivity index (χ2n) is 9.00. The maximum Gasteiger partial charge on any atom is 0.383 e. The minimum atomic E-state index is -0.562. The Bertz CT molecular complexity index is 1610. The minimum Gasteiger partial charge on any atom is -0.347 e. The van der Waals surface area contributed by atoms with Gasteiger partial charge in [0.1, 0.15) is 5.82 Å². The molecule has 2 aromatic carbocycles. The molecule has 1 atom stereocenters. The maximum absolute atomic E-state index is 13.0. The van der Waals surface area contributed by atoms with Crippen LogP contribution in [0.3, 0.4) is 0 Å². The minimum absolute atomic E-state index is 0.0820. The van der Waals surface area contributed by atoms with Gasteiger partial charge in [-0.3, -0.25) is 0 Å². The van der Waals surface area contributed by atoms with Crippen molar-refractivity contribution in [2.75, 3.05) is 0 Å². The summed E-state index contributed by atoms with van der Waals surface area (Å²) in [6.07, 6.45) is 5.62. The van der Waals surface area contributed by atoms with Gasteiger partial charge in [0.25, 0.3) is 0 Å². The second-order valence-corrected chi connectivity index (χ2v) is 9.00. The van der Waals surface area contributed by atoms with E-state index in [-0.39, 0.29) is 11.6 Å². The molecule has 0 saturated heterocycles. The molecular weight excluding hydrogens is 438 g/mol. The normalized spacial score (nSPS) is 16.6. The van der Waals surface area contributed by atoms with E-state index in [0.29, 0.717) is 0 Å². The van der Waals surface area contributed by atoms with Gasteiger partial charge in [-0.05, 0) is 38.0 Å². The van der Waals surface area contributed by atoms with E-state index in [0.717, 1.165) is 58.3 Å². The molecule has 6 rings (SSSR count). The molecule has 3 aromatic heterocycles. The number of rotatable bonds is 4. The van der Waals surface area contributed by atoms with Gasteiger partial charge in [0.2, 0.25) is 0 Å². The molecule has 7 heteroatoms. The van der Waals surface area contributed by atoms with Crippen molar-refractivity contribution in [3.63, 3.8) is 0 Å². The highest BCUT2D eigenvalue weighted by Crippen LogP contribution is 2.35. The van der Waals surface area contributed by atoms with Crippen LogP contribution >= 0.6 is 0 Å². The van der Waals surface area contributed by atoms with Gasteiger partial charge in [0.15, 0.2) is 5.69 Å². The first-order valence-electron chi connectivity index (χ1n) is 11.8. The molecule has 1 aliphatic rings. The molecule has 1 unspecified atom stereocenters. The Morgan fingerprint density at radius 2 is 1.94 bits per heavy atom. The summed E-state index contributed by atoms with van der Waals surface area (Å²) in [5.74, 6) is 0.470. The molecule has 1 aliphatic carbocycles. The molecule has 5 aromatic rings. The number of imidazole rings is 1. The number of oxime groups is 1. The molecule has 35 heavy (non-hydrogen) atoms. The van der Waals surface area contributed by atoms with E-state index in [9.17, 15) is 4.79 Å². The smallest absolute Gasteiger partial charge is 0.347 e. The molecule has 0 amide bonds. The number of para-hydroxylation sites is 2. The lowest BCUT2D eigenvalue weighted by molar-refractivity contribution is 0.0507. The quantitative estimate of drug-likeness (QED) is 0.276. The Morgan fingerprint density at radius 3 is 2.80 bits per heavy atom. The van der Waals surface area contributed by atoms with Gasteiger partial charge in [0, 0.05) is 59.5 Å². The first-order chi connectivity index (χ1) is 17.1. The van der Waals surface area contributed by atoms with Crippen LogP contribution in [0.1, 0.15) is 34.0 Å². The Morgan fingerprint density at radius 1 is 1.11 bits per heavy atom. The van der Waals surface area contributed by atoms with Crippen molar-refractivity contribution in [3.05, 3.63) is 95.8 Å². The van der Waals surface area contributed by atoms with Crippen LogP contribution in [0.4, 0.5) is 0 Å². The summed E-state index contributed by atoms with van der Waals surface area (Å²) in [7, 11) is 2.09. The number of hydrogen-bond acceptors (Lipinski definition) is 5. The highest BCUT2D eigenvalue weighted by atomic mass is 16.7. The summed E-state index contributed by atoms with van der Waals surface area (Å²) in [6, 6.07) is 19.6. The van der Waals surface area contributed by atoms with Crippen molar-refractivity contribution in [3.8, 4) is 0 Å². The van der Waals surface area contributed by atoms with Gasteiger partial charge in [-0.15, -0.1) is 0 Å². The van der Waals surface area contributed by atoms with E-state index in [1.54, 1.807) is 6.07 Å². The number of hydrogen-bond donors (Lipinski definition) is 0. The summed E-state index contributed by atoms with van der Waals surface area (Å²) in [5, 5.41) is 6.61. The number of nitrogens with zero attached hydrogens (tertiary/aromatic N) is 5. The van der Waals surface area contributed by atoms with Gasteiger partial charge in [-0.1, -0.05) is 47.6 Å². The summed E-state index contributed by atoms with van der Waals surface area (Å²) in [5.41, 5.74) is 5.21. The molecule has 0 spiro atoms. The molecule has 0 aliphatic heterocycles. The number of aryl methyl sites for hydroxylation is 2. The van der Waals surface area contributed by atoms with E-state index in [4.69, 9.17) is 4.84 Å². The third-order valence-corrected chi connectivity index (χ3v) is 6.98. The van der Waals surface area contributed by atoms with Crippen molar-refractivity contribution in [1.82, 2.24) is 19.1 Å². The van der Waals surface area contributed by atoms with Crippen LogP contribution in [-0.4, -0.2) is 30.8 Å². The van der Waals surface area contributed by atoms with E-state index in [1.165, 1.54) is 5.69 Å². The number of benzene rings is 2. The Labute approximate surface area is 202 Å². The third kappa shape index (κ3) is 3.69. The van der Waals surface area contributed by atoms with Crippen LogP contribution in [-0.2, 0) is 24.9 Å². The zero-order valence-corrected chi connectivity index (χ0v) is 19.7. The van der Waals surface area contributed by atoms with Gasteiger partial charge in [0.05, 0.1) is 11.2 Å². The number of carbonyl (C=O) groups is 1. The molecule has 0 bridgehead atoms. The molecular formula is C28H25N5O2. The topological polar surface area (TPSA) is 74.3 Å². The third-order valence-electron chi connectivity index (χ3n) is 6.98. The van der Waals surface area contributed by atoms with Crippen molar-refractivity contribution in [2.45, 2.75) is 26.3 Å². The van der Waals surface area contributed by atoms with Gasteiger partial charge < -0.3 is 14.0 Å². The van der Waals surface area contributed by atoms with Crippen molar-refractivity contribution < 1.29 is 9.63 Å². The van der Waals surface area contributed by atoms with Crippen LogP contribution in [0.15, 0.2) is 78.2 Å². The fourth-order valence-corrected chi connectivity index (χ4v) is 5.13. The highest BCUT2D eigenvalue weighted by molar-refractivity contribution is 6.14. The fourth-order valence-electron chi connectivity index (χ4n) is 5.13. The maximum atomic E-state index is 13.0. The van der Waals surface area contributed by atoms with E-state index < -0.39 is 5.97 Å². The van der Waals surface area contributed by atoms with Gasteiger partial charge in [-0.25, -0.2) is 14.8 Å². The average Bonchev–Trinajstić information content (AvgIpc) is 3.43. The largest absolute Gasteiger partial charge is 0.383 e. The van der Waals surface area contributed by atoms with E-state index in [2.05, 4.69) is 43.4 Å². The zero-order valence-electron chi connectivity index (χ0n) is 19.7.